The van der Waals surface area contributed by atoms with Gasteiger partial charge in [0.25, 0.3) is 0 Å². The van der Waals surface area contributed by atoms with Crippen LogP contribution in [0.25, 0.3) is 11.0 Å². The highest BCUT2D eigenvalue weighted by atomic mass is 79.9. The van der Waals surface area contributed by atoms with Crippen LogP contribution in [-0.4, -0.2) is 33.1 Å². The monoisotopic (exact) mass is 446 g/mol. The Morgan fingerprint density at radius 1 is 1.11 bits per heavy atom. The van der Waals surface area contributed by atoms with Crippen LogP contribution in [0.15, 0.2) is 41.1 Å². The van der Waals surface area contributed by atoms with Crippen molar-refractivity contribution >= 4 is 49.9 Å². The summed E-state index contributed by atoms with van der Waals surface area (Å²) in [6.45, 7) is 2.81. The molecule has 0 bridgehead atoms. The Labute approximate surface area is 171 Å². The summed E-state index contributed by atoms with van der Waals surface area (Å²) >= 11 is 9.76. The third kappa shape index (κ3) is 4.18. The van der Waals surface area contributed by atoms with E-state index in [1.165, 1.54) is 19.3 Å². The van der Waals surface area contributed by atoms with Gasteiger partial charge in [-0.3, -0.25) is 14.9 Å². The molecule has 1 aromatic carbocycles. The summed E-state index contributed by atoms with van der Waals surface area (Å²) in [4.78, 5) is 11.2. The molecule has 140 valence electrons. The Morgan fingerprint density at radius 2 is 1.93 bits per heavy atom. The van der Waals surface area contributed by atoms with E-state index >= 15 is 0 Å². The zero-order chi connectivity index (χ0) is 18.8. The lowest BCUT2D eigenvalue weighted by Crippen LogP contribution is -2.29. The summed E-state index contributed by atoms with van der Waals surface area (Å²) in [7, 11) is 0. The van der Waals surface area contributed by atoms with Crippen LogP contribution in [-0.2, 0) is 6.54 Å². The van der Waals surface area contributed by atoms with Gasteiger partial charge in [-0.05, 0) is 66.1 Å². The van der Waals surface area contributed by atoms with Crippen LogP contribution in [0.3, 0.4) is 0 Å². The molecule has 0 amide bonds. The van der Waals surface area contributed by atoms with Crippen molar-refractivity contribution in [2.24, 2.45) is 0 Å². The number of piperidine rings is 1. The van der Waals surface area contributed by atoms with Crippen LogP contribution in [0.5, 0.6) is 5.75 Å². The van der Waals surface area contributed by atoms with Gasteiger partial charge in [0, 0.05) is 34.0 Å². The second-order valence-corrected chi connectivity index (χ2v) is 8.15. The Balaban J connectivity index is 1.66. The number of rotatable bonds is 4. The molecule has 0 radical (unpaired) electrons. The summed E-state index contributed by atoms with van der Waals surface area (Å²) in [5, 5.41) is 14.7. The average Bonchev–Trinajstić information content (AvgIpc) is 2.66. The standard InChI is InChI=1S/C20H20BrClN4O/c21-14-9-17-19(24-11-14)16(4-5-23-17)25-18-10-15(22)8-13(20(18)27)12-26-6-2-1-3-7-26/h4-5,8-11,27H,1-3,6-7,12H2,(H,23,25). The minimum absolute atomic E-state index is 0.229. The van der Waals surface area contributed by atoms with E-state index in [2.05, 4.69) is 36.1 Å². The van der Waals surface area contributed by atoms with E-state index in [-0.39, 0.29) is 5.75 Å². The second kappa shape index (κ2) is 8.00. The van der Waals surface area contributed by atoms with Gasteiger partial charge in [-0.25, -0.2) is 0 Å². The Morgan fingerprint density at radius 3 is 2.74 bits per heavy atom. The smallest absolute Gasteiger partial charge is 0.143 e. The fourth-order valence-electron chi connectivity index (χ4n) is 3.48. The third-order valence-electron chi connectivity index (χ3n) is 4.81. The van der Waals surface area contributed by atoms with E-state index < -0.39 is 0 Å². The molecule has 4 rings (SSSR count). The number of phenols is 1. The average molecular weight is 448 g/mol. The molecule has 1 aliphatic heterocycles. The number of hydrogen-bond donors (Lipinski definition) is 2. The first kappa shape index (κ1) is 18.5. The minimum atomic E-state index is 0.229. The molecule has 1 saturated heterocycles. The molecule has 3 heterocycles. The van der Waals surface area contributed by atoms with Gasteiger partial charge in [-0.1, -0.05) is 18.0 Å². The topological polar surface area (TPSA) is 61.3 Å². The molecular formula is C20H20BrClN4O. The van der Waals surface area contributed by atoms with Crippen LogP contribution in [0.2, 0.25) is 5.02 Å². The van der Waals surface area contributed by atoms with E-state index in [0.717, 1.165) is 39.8 Å². The molecule has 0 saturated carbocycles. The molecule has 0 spiro atoms. The number of aromatic hydroxyl groups is 1. The van der Waals surface area contributed by atoms with Crippen LogP contribution < -0.4 is 5.32 Å². The zero-order valence-electron chi connectivity index (χ0n) is 14.8. The van der Waals surface area contributed by atoms with E-state index in [0.29, 0.717) is 17.3 Å². The number of nitrogens with one attached hydrogen (secondary N) is 1. The van der Waals surface area contributed by atoms with Crippen molar-refractivity contribution in [2.45, 2.75) is 25.8 Å². The van der Waals surface area contributed by atoms with Crippen molar-refractivity contribution in [2.75, 3.05) is 18.4 Å². The van der Waals surface area contributed by atoms with Gasteiger partial charge < -0.3 is 10.4 Å². The predicted molar refractivity (Wildman–Crippen MR) is 113 cm³/mol. The first-order chi connectivity index (χ1) is 13.1. The van der Waals surface area contributed by atoms with Crippen molar-refractivity contribution in [1.82, 2.24) is 14.9 Å². The van der Waals surface area contributed by atoms with Gasteiger partial charge in [-0.2, -0.15) is 0 Å². The lowest BCUT2D eigenvalue weighted by atomic mass is 10.1. The predicted octanol–water partition coefficient (Wildman–Crippen LogP) is 5.48. The van der Waals surface area contributed by atoms with Crippen LogP contribution in [0, 0.1) is 0 Å². The number of pyridine rings is 2. The molecule has 3 aromatic rings. The first-order valence-corrected chi connectivity index (χ1v) is 10.2. The largest absolute Gasteiger partial charge is 0.505 e. The number of fused-ring (bicyclic) bond motifs is 1. The lowest BCUT2D eigenvalue weighted by Gasteiger charge is -2.27. The fraction of sp³-hybridized carbons (Fsp3) is 0.300. The number of phenolic OH excluding ortho intramolecular Hbond substituents is 1. The van der Waals surface area contributed by atoms with Crippen LogP contribution in [0.1, 0.15) is 24.8 Å². The molecule has 2 N–H and O–H groups in total. The second-order valence-electron chi connectivity index (χ2n) is 6.80. The van der Waals surface area contributed by atoms with Crippen molar-refractivity contribution in [3.8, 4) is 5.75 Å². The number of hydrogen-bond acceptors (Lipinski definition) is 5. The summed E-state index contributed by atoms with van der Waals surface area (Å²) in [5.41, 5.74) is 3.68. The van der Waals surface area contributed by atoms with Crippen molar-refractivity contribution in [1.29, 1.82) is 0 Å². The SMILES string of the molecule is Oc1c(CN2CCCCC2)cc(Cl)cc1Nc1ccnc2cc(Br)cnc12. The summed E-state index contributed by atoms with van der Waals surface area (Å²) < 4.78 is 0.870. The summed E-state index contributed by atoms with van der Waals surface area (Å²) in [5.74, 6) is 0.229. The van der Waals surface area contributed by atoms with E-state index in [1.807, 2.05) is 18.2 Å². The molecule has 0 unspecified atom stereocenters. The molecule has 7 heteroatoms. The van der Waals surface area contributed by atoms with Gasteiger partial charge in [-0.15, -0.1) is 0 Å². The number of nitrogens with zero attached hydrogens (tertiary/aromatic N) is 3. The molecule has 1 aliphatic rings. The molecule has 1 fully saturated rings. The van der Waals surface area contributed by atoms with E-state index in [9.17, 15) is 5.11 Å². The van der Waals surface area contributed by atoms with Gasteiger partial charge in [0.1, 0.15) is 11.3 Å². The zero-order valence-corrected chi connectivity index (χ0v) is 17.1. The quantitative estimate of drug-likeness (QED) is 0.519. The maximum Gasteiger partial charge on any atom is 0.143 e. The maximum absolute atomic E-state index is 10.8. The van der Waals surface area contributed by atoms with Gasteiger partial charge in [0.2, 0.25) is 0 Å². The van der Waals surface area contributed by atoms with Gasteiger partial charge in [0.15, 0.2) is 0 Å². The number of anilines is 2. The number of benzene rings is 1. The Kier molecular flexibility index (Phi) is 5.48. The van der Waals surface area contributed by atoms with Gasteiger partial charge in [0.05, 0.1) is 16.9 Å². The third-order valence-corrected chi connectivity index (χ3v) is 5.46. The van der Waals surface area contributed by atoms with E-state index in [1.54, 1.807) is 18.5 Å². The lowest BCUT2D eigenvalue weighted by molar-refractivity contribution is 0.218. The Hall–Kier alpha value is -1.89. The molecule has 2 aromatic heterocycles. The molecule has 27 heavy (non-hydrogen) atoms. The molecular weight excluding hydrogens is 428 g/mol. The molecule has 0 atom stereocenters. The van der Waals surface area contributed by atoms with Crippen molar-refractivity contribution in [3.63, 3.8) is 0 Å². The first-order valence-electron chi connectivity index (χ1n) is 9.01. The van der Waals surface area contributed by atoms with Crippen molar-refractivity contribution < 1.29 is 5.11 Å². The highest BCUT2D eigenvalue weighted by molar-refractivity contribution is 9.10. The van der Waals surface area contributed by atoms with Crippen LogP contribution >= 0.6 is 27.5 Å². The van der Waals surface area contributed by atoms with Crippen molar-refractivity contribution in [3.05, 3.63) is 51.7 Å². The summed E-state index contributed by atoms with van der Waals surface area (Å²) in [6, 6.07) is 7.33. The maximum atomic E-state index is 10.8. The normalized spacial score (nSPS) is 15.2. The molecule has 5 nitrogen and oxygen atoms in total. The van der Waals surface area contributed by atoms with Gasteiger partial charge >= 0.3 is 0 Å². The number of halogens is 2. The highest BCUT2D eigenvalue weighted by Crippen LogP contribution is 2.36. The molecule has 0 aliphatic carbocycles. The van der Waals surface area contributed by atoms with E-state index in [4.69, 9.17) is 11.6 Å². The number of likely N-dealkylation sites (tertiary alicyclic amines) is 1. The Bertz CT molecular complexity index is 976. The summed E-state index contributed by atoms with van der Waals surface area (Å²) in [6.07, 6.45) is 7.14. The highest BCUT2D eigenvalue weighted by Gasteiger charge is 2.16. The van der Waals surface area contributed by atoms with Crippen LogP contribution in [0.4, 0.5) is 11.4 Å². The minimum Gasteiger partial charge on any atom is -0.505 e. The number of aromatic nitrogens is 2. The fourth-order valence-corrected chi connectivity index (χ4v) is 4.04.